The Morgan fingerprint density at radius 2 is 1.74 bits per heavy atom. The second kappa shape index (κ2) is 8.22. The summed E-state index contributed by atoms with van der Waals surface area (Å²) < 4.78 is 53.1. The Hall–Kier alpha value is -3.08. The number of hydrogen-bond donors (Lipinski definition) is 2. The third kappa shape index (κ3) is 4.50. The highest BCUT2D eigenvalue weighted by Gasteiger charge is 2.42. The summed E-state index contributed by atoms with van der Waals surface area (Å²) >= 11 is 0. The zero-order valence-corrected chi connectivity index (χ0v) is 16.3. The van der Waals surface area contributed by atoms with Crippen LogP contribution in [0.4, 0.5) is 23.2 Å². The Kier molecular flexibility index (Phi) is 5.61. The van der Waals surface area contributed by atoms with E-state index in [-0.39, 0.29) is 12.2 Å². The lowest BCUT2D eigenvalue weighted by atomic mass is 10.1. The molecule has 0 spiro atoms. The first-order chi connectivity index (χ1) is 14.7. The van der Waals surface area contributed by atoms with Crippen molar-refractivity contribution in [1.82, 2.24) is 14.9 Å². The van der Waals surface area contributed by atoms with Crippen molar-refractivity contribution in [2.24, 2.45) is 11.5 Å². The predicted octanol–water partition coefficient (Wildman–Crippen LogP) is 3.37. The maximum Gasteiger partial charge on any atom is 0.401 e. The van der Waals surface area contributed by atoms with E-state index in [4.69, 9.17) is 11.5 Å². The van der Waals surface area contributed by atoms with Crippen molar-refractivity contribution in [2.45, 2.75) is 25.2 Å². The van der Waals surface area contributed by atoms with Crippen LogP contribution < -0.4 is 16.4 Å². The molecule has 3 heterocycles. The summed E-state index contributed by atoms with van der Waals surface area (Å²) in [5, 5.41) is 0. The van der Waals surface area contributed by atoms with Crippen LogP contribution in [0, 0.1) is 5.82 Å². The minimum Gasteiger partial charge on any atom is -0.337 e. The largest absolute Gasteiger partial charge is 0.401 e. The van der Waals surface area contributed by atoms with Crippen LogP contribution >= 0.6 is 0 Å². The molecule has 0 saturated carbocycles. The number of rotatable bonds is 4. The average Bonchev–Trinajstić information content (AvgIpc) is 2.74. The predicted molar refractivity (Wildman–Crippen MR) is 108 cm³/mol. The summed E-state index contributed by atoms with van der Waals surface area (Å²) in [4.78, 5) is 11.2. The molecule has 0 bridgehead atoms. The van der Waals surface area contributed by atoms with Gasteiger partial charge in [0.2, 0.25) is 0 Å². The van der Waals surface area contributed by atoms with E-state index in [1.165, 1.54) is 12.1 Å². The number of anilines is 1. The molecule has 31 heavy (non-hydrogen) atoms. The van der Waals surface area contributed by atoms with Gasteiger partial charge in [-0.25, -0.2) is 14.3 Å². The van der Waals surface area contributed by atoms with Crippen molar-refractivity contribution in [3.8, 4) is 11.3 Å². The maximum absolute atomic E-state index is 13.3. The third-order valence-corrected chi connectivity index (χ3v) is 5.09. The van der Waals surface area contributed by atoms with Crippen molar-refractivity contribution in [3.05, 3.63) is 78.0 Å². The van der Waals surface area contributed by atoms with Gasteiger partial charge in [0.05, 0.1) is 23.6 Å². The fourth-order valence-electron chi connectivity index (χ4n) is 3.62. The summed E-state index contributed by atoms with van der Waals surface area (Å²) in [6.07, 6.45) is -3.56. The van der Waals surface area contributed by atoms with E-state index in [1.54, 1.807) is 47.6 Å². The topological polar surface area (TPSA) is 84.3 Å². The molecule has 0 fully saturated rings. The number of nitrogens with two attached hydrogens (primary N) is 2. The monoisotopic (exact) mass is 432 g/mol. The molecule has 4 rings (SSSR count). The minimum atomic E-state index is -4.50. The van der Waals surface area contributed by atoms with Gasteiger partial charge < -0.3 is 10.6 Å². The van der Waals surface area contributed by atoms with Gasteiger partial charge in [-0.15, -0.1) is 0 Å². The van der Waals surface area contributed by atoms with Gasteiger partial charge in [-0.2, -0.15) is 13.2 Å². The fraction of sp³-hybridized carbons (Fsp3) is 0.238. The van der Waals surface area contributed by atoms with Crippen molar-refractivity contribution < 1.29 is 17.6 Å². The van der Waals surface area contributed by atoms with Gasteiger partial charge in [-0.3, -0.25) is 10.7 Å². The van der Waals surface area contributed by atoms with Crippen LogP contribution in [-0.2, 0) is 6.54 Å². The van der Waals surface area contributed by atoms with E-state index < -0.39 is 31.0 Å². The molecule has 1 aliphatic heterocycles. The summed E-state index contributed by atoms with van der Waals surface area (Å²) in [5.74, 6) is -0.400. The lowest BCUT2D eigenvalue weighted by molar-refractivity contribution is -0.158. The van der Waals surface area contributed by atoms with E-state index in [0.717, 1.165) is 10.5 Å². The van der Waals surface area contributed by atoms with Crippen LogP contribution in [0.2, 0.25) is 0 Å². The van der Waals surface area contributed by atoms with Crippen molar-refractivity contribution in [2.75, 3.05) is 11.4 Å². The zero-order chi connectivity index (χ0) is 22.2. The van der Waals surface area contributed by atoms with Crippen LogP contribution in [-0.4, -0.2) is 33.9 Å². The molecule has 1 aliphatic rings. The molecule has 3 aromatic rings. The number of hydrogen-bond acceptors (Lipinski definition) is 6. The number of fused-ring (bicyclic) bond motifs is 1. The van der Waals surface area contributed by atoms with Crippen LogP contribution in [0.5, 0.6) is 0 Å². The molecule has 10 heteroatoms. The fourth-order valence-corrected chi connectivity index (χ4v) is 3.62. The highest BCUT2D eigenvalue weighted by atomic mass is 19.4. The Bertz CT molecular complexity index is 1040. The van der Waals surface area contributed by atoms with E-state index in [1.807, 2.05) is 6.07 Å². The molecule has 0 radical (unpaired) electrons. The smallest absolute Gasteiger partial charge is 0.337 e. The first-order valence-electron chi connectivity index (χ1n) is 9.49. The lowest BCUT2D eigenvalue weighted by Crippen LogP contribution is -2.62. The minimum absolute atomic E-state index is 0.223. The number of benzene rings is 1. The summed E-state index contributed by atoms with van der Waals surface area (Å²) in [6.45, 7) is -1.07. The van der Waals surface area contributed by atoms with E-state index in [9.17, 15) is 17.6 Å². The number of alkyl halides is 3. The zero-order valence-electron chi connectivity index (χ0n) is 16.3. The average molecular weight is 432 g/mol. The number of halogens is 4. The van der Waals surface area contributed by atoms with Crippen molar-refractivity contribution in [1.29, 1.82) is 0 Å². The molecule has 0 aliphatic carbocycles. The standard InChI is InChI=1S/C21H20F4N6/c22-15-5-3-14(4-6-15)16-7-8-17-18(29-16)19(26)31(12-21(23,24)25)20(27)30(17)11-13-2-1-9-28-10-13/h1-10,19-20H,11-12,26-27H2. The van der Waals surface area contributed by atoms with Crippen LogP contribution in [0.1, 0.15) is 17.4 Å². The normalized spacial score (nSPS) is 19.4. The first-order valence-corrected chi connectivity index (χ1v) is 9.49. The van der Waals surface area contributed by atoms with E-state index >= 15 is 0 Å². The molecule has 2 unspecified atom stereocenters. The second-order valence-corrected chi connectivity index (χ2v) is 7.24. The van der Waals surface area contributed by atoms with Crippen molar-refractivity contribution >= 4 is 5.69 Å². The van der Waals surface area contributed by atoms with Crippen LogP contribution in [0.3, 0.4) is 0 Å². The summed E-state index contributed by atoms with van der Waals surface area (Å²) in [7, 11) is 0. The van der Waals surface area contributed by atoms with Gasteiger partial charge in [-0.1, -0.05) is 6.07 Å². The Balaban J connectivity index is 1.77. The first kappa shape index (κ1) is 21.2. The third-order valence-electron chi connectivity index (χ3n) is 5.09. The number of nitrogens with zero attached hydrogens (tertiary/aromatic N) is 4. The van der Waals surface area contributed by atoms with Gasteiger partial charge in [-0.05, 0) is 48.0 Å². The molecule has 6 nitrogen and oxygen atoms in total. The lowest BCUT2D eigenvalue weighted by Gasteiger charge is -2.46. The Morgan fingerprint density at radius 1 is 1.00 bits per heavy atom. The second-order valence-electron chi connectivity index (χ2n) is 7.24. The van der Waals surface area contributed by atoms with Crippen molar-refractivity contribution in [3.63, 3.8) is 0 Å². The van der Waals surface area contributed by atoms with E-state index in [2.05, 4.69) is 9.97 Å². The molecular formula is C21H20F4N6. The van der Waals surface area contributed by atoms with Gasteiger partial charge in [0, 0.05) is 24.5 Å². The molecule has 2 aromatic heterocycles. The number of pyridine rings is 2. The summed E-state index contributed by atoms with van der Waals surface area (Å²) in [5.41, 5.74) is 15.1. The van der Waals surface area contributed by atoms with Gasteiger partial charge >= 0.3 is 6.18 Å². The van der Waals surface area contributed by atoms with Crippen LogP contribution in [0.15, 0.2) is 60.9 Å². The SMILES string of the molecule is NC1c2nc(-c3ccc(F)cc3)ccc2N(Cc2cccnc2)C(N)N1CC(F)(F)F. The molecule has 0 amide bonds. The summed E-state index contributed by atoms with van der Waals surface area (Å²) in [6, 6.07) is 12.6. The molecular weight excluding hydrogens is 412 g/mol. The van der Waals surface area contributed by atoms with Gasteiger partial charge in [0.15, 0.2) is 0 Å². The highest BCUT2D eigenvalue weighted by Crippen LogP contribution is 2.37. The molecule has 1 aromatic carbocycles. The molecule has 2 atom stereocenters. The van der Waals surface area contributed by atoms with E-state index in [0.29, 0.717) is 16.9 Å². The quantitative estimate of drug-likeness (QED) is 0.615. The van der Waals surface area contributed by atoms with Crippen LogP contribution in [0.25, 0.3) is 11.3 Å². The highest BCUT2D eigenvalue weighted by molar-refractivity contribution is 5.65. The molecule has 162 valence electrons. The molecule has 0 saturated heterocycles. The Labute approximate surface area is 176 Å². The van der Waals surface area contributed by atoms with Gasteiger partial charge in [0.25, 0.3) is 0 Å². The Morgan fingerprint density at radius 3 is 2.39 bits per heavy atom. The van der Waals surface area contributed by atoms with Gasteiger partial charge in [0.1, 0.15) is 18.3 Å². The number of aromatic nitrogens is 2. The molecule has 4 N–H and O–H groups in total. The maximum atomic E-state index is 13.3.